The number of fused-ring (bicyclic) bond motifs is 1. The number of carboxylic acids is 1. The van der Waals surface area contributed by atoms with E-state index in [-0.39, 0.29) is 16.3 Å². The summed E-state index contributed by atoms with van der Waals surface area (Å²) in [6, 6.07) is 10.1. The van der Waals surface area contributed by atoms with E-state index in [2.05, 4.69) is 0 Å². The minimum Gasteiger partial charge on any atom is -0.546 e. The van der Waals surface area contributed by atoms with Crippen LogP contribution in [0, 0.1) is 0 Å². The number of carboxylic acid groups (broad SMARTS) is 1. The molecule has 9 heteroatoms. The molecule has 0 fully saturated rings. The minimum atomic E-state index is -4.04. The molecule has 3 rings (SSSR count). The third kappa shape index (κ3) is 3.22. The molecule has 0 amide bonds. The maximum atomic E-state index is 13.0. The molecule has 1 heterocycles. The lowest BCUT2D eigenvalue weighted by molar-refractivity contribution is -0.313. The van der Waals surface area contributed by atoms with Gasteiger partial charge in [-0.15, -0.1) is 0 Å². The Hall–Kier alpha value is -2.45. The summed E-state index contributed by atoms with van der Waals surface area (Å²) >= 11 is 5.95. The van der Waals surface area contributed by atoms with Gasteiger partial charge in [0.25, 0.3) is 10.0 Å². The average molecular weight is 383 g/mol. The van der Waals surface area contributed by atoms with Crippen molar-refractivity contribution in [1.29, 1.82) is 0 Å². The standard InChI is InChI=1S/C16H14ClNO6S/c1-23-11-3-5-12(6-4-11)25(21,22)18-9-15(16(19)20)24-14-7-2-10(17)8-13(14)18/h2-8,15H,9H2,1H3,(H,19,20)/p-1/t15-/m1/s1. The number of ether oxygens (including phenoxy) is 2. The largest absolute Gasteiger partial charge is 0.546 e. The van der Waals surface area contributed by atoms with Gasteiger partial charge in [-0.05, 0) is 42.5 Å². The molecule has 1 atom stereocenters. The molecule has 0 unspecified atom stereocenters. The number of sulfonamides is 1. The van der Waals surface area contributed by atoms with Gasteiger partial charge in [0.05, 0.1) is 30.2 Å². The lowest BCUT2D eigenvalue weighted by Gasteiger charge is -2.35. The first-order chi connectivity index (χ1) is 11.8. The predicted molar refractivity (Wildman–Crippen MR) is 88.4 cm³/mol. The van der Waals surface area contributed by atoms with Crippen molar-refractivity contribution < 1.29 is 27.8 Å². The van der Waals surface area contributed by atoms with Crippen LogP contribution in [0.5, 0.6) is 11.5 Å². The second-order valence-corrected chi connectivity index (χ2v) is 7.55. The molecule has 0 saturated heterocycles. The Kier molecular flexibility index (Phi) is 4.49. The molecule has 7 nitrogen and oxygen atoms in total. The van der Waals surface area contributed by atoms with Crippen molar-refractivity contribution in [3.05, 3.63) is 47.5 Å². The topological polar surface area (TPSA) is 96.0 Å². The lowest BCUT2D eigenvalue weighted by Crippen LogP contribution is -2.51. The zero-order chi connectivity index (χ0) is 18.2. The molecule has 1 aliphatic heterocycles. The lowest BCUT2D eigenvalue weighted by atomic mass is 10.2. The highest BCUT2D eigenvalue weighted by atomic mass is 35.5. The maximum absolute atomic E-state index is 13.0. The van der Waals surface area contributed by atoms with E-state index < -0.39 is 28.6 Å². The molecular weight excluding hydrogens is 370 g/mol. The highest BCUT2D eigenvalue weighted by molar-refractivity contribution is 7.92. The number of rotatable bonds is 4. The summed E-state index contributed by atoms with van der Waals surface area (Å²) in [4.78, 5) is 11.2. The van der Waals surface area contributed by atoms with Crippen LogP contribution in [0.15, 0.2) is 47.4 Å². The van der Waals surface area contributed by atoms with Crippen LogP contribution < -0.4 is 18.9 Å². The van der Waals surface area contributed by atoms with Gasteiger partial charge in [-0.2, -0.15) is 0 Å². The highest BCUT2D eigenvalue weighted by Crippen LogP contribution is 2.38. The van der Waals surface area contributed by atoms with Crippen molar-refractivity contribution in [2.24, 2.45) is 0 Å². The molecular formula is C16H13ClNO6S-. The van der Waals surface area contributed by atoms with Crippen LogP contribution in [0.2, 0.25) is 5.02 Å². The van der Waals surface area contributed by atoms with Crippen LogP contribution >= 0.6 is 11.6 Å². The van der Waals surface area contributed by atoms with E-state index in [1.54, 1.807) is 0 Å². The number of anilines is 1. The highest BCUT2D eigenvalue weighted by Gasteiger charge is 2.35. The summed E-state index contributed by atoms with van der Waals surface area (Å²) in [5.41, 5.74) is 0.167. The number of nitrogens with zero attached hydrogens (tertiary/aromatic N) is 1. The first-order valence-corrected chi connectivity index (χ1v) is 8.98. The van der Waals surface area contributed by atoms with Crippen LogP contribution in [0.3, 0.4) is 0 Å². The average Bonchev–Trinajstić information content (AvgIpc) is 2.60. The number of hydrogen-bond donors (Lipinski definition) is 0. The van der Waals surface area contributed by atoms with Crippen molar-refractivity contribution in [2.75, 3.05) is 18.0 Å². The number of carbonyl (C=O) groups is 1. The second kappa shape index (κ2) is 6.45. The quantitative estimate of drug-likeness (QED) is 0.784. The second-order valence-electron chi connectivity index (χ2n) is 5.25. The van der Waals surface area contributed by atoms with Crippen LogP contribution in [0.4, 0.5) is 5.69 Å². The molecule has 1 aliphatic rings. The number of methoxy groups -OCH3 is 1. The van der Waals surface area contributed by atoms with Gasteiger partial charge in [0.2, 0.25) is 0 Å². The summed E-state index contributed by atoms with van der Waals surface area (Å²) in [5.74, 6) is -0.908. The van der Waals surface area contributed by atoms with Crippen molar-refractivity contribution in [2.45, 2.75) is 11.0 Å². The normalized spacial score (nSPS) is 16.7. The van der Waals surface area contributed by atoms with E-state index in [1.165, 1.54) is 49.6 Å². The molecule has 2 aromatic carbocycles. The smallest absolute Gasteiger partial charge is 0.264 e. The van der Waals surface area contributed by atoms with E-state index in [0.29, 0.717) is 10.8 Å². The summed E-state index contributed by atoms with van der Waals surface area (Å²) in [6.45, 7) is -0.427. The molecule has 2 aromatic rings. The third-order valence-electron chi connectivity index (χ3n) is 3.70. The fourth-order valence-corrected chi connectivity index (χ4v) is 4.08. The molecule has 0 spiro atoms. The van der Waals surface area contributed by atoms with Crippen LogP contribution in [0.1, 0.15) is 0 Å². The molecule has 0 N–H and O–H groups in total. The van der Waals surface area contributed by atoms with Gasteiger partial charge in [-0.1, -0.05) is 11.6 Å². The van der Waals surface area contributed by atoms with Crippen molar-refractivity contribution in [3.63, 3.8) is 0 Å². The molecule has 0 saturated carbocycles. The van der Waals surface area contributed by atoms with Crippen LogP contribution in [0.25, 0.3) is 0 Å². The summed E-state index contributed by atoms with van der Waals surface area (Å²) in [5, 5.41) is 11.5. The summed E-state index contributed by atoms with van der Waals surface area (Å²) in [6.07, 6.45) is -1.43. The predicted octanol–water partition coefficient (Wildman–Crippen LogP) is 1.05. The molecule has 132 valence electrons. The van der Waals surface area contributed by atoms with Gasteiger partial charge >= 0.3 is 0 Å². The Morgan fingerprint density at radius 1 is 1.28 bits per heavy atom. The minimum absolute atomic E-state index is 0.0155. The van der Waals surface area contributed by atoms with E-state index in [9.17, 15) is 18.3 Å². The Balaban J connectivity index is 2.09. The summed E-state index contributed by atoms with van der Waals surface area (Å²) < 4.78 is 37.3. The van der Waals surface area contributed by atoms with E-state index in [0.717, 1.165) is 4.31 Å². The Bertz CT molecular complexity index is 913. The van der Waals surface area contributed by atoms with Gasteiger partial charge in [0, 0.05) is 5.02 Å². The fourth-order valence-electron chi connectivity index (χ4n) is 2.45. The third-order valence-corrected chi connectivity index (χ3v) is 5.73. The Morgan fingerprint density at radius 3 is 2.56 bits per heavy atom. The Morgan fingerprint density at radius 2 is 1.96 bits per heavy atom. The zero-order valence-electron chi connectivity index (χ0n) is 13.0. The van der Waals surface area contributed by atoms with Gasteiger partial charge in [-0.25, -0.2) is 8.42 Å². The van der Waals surface area contributed by atoms with Crippen molar-refractivity contribution >= 4 is 33.3 Å². The van der Waals surface area contributed by atoms with E-state index >= 15 is 0 Å². The molecule has 0 aliphatic carbocycles. The van der Waals surface area contributed by atoms with Gasteiger partial charge < -0.3 is 19.4 Å². The van der Waals surface area contributed by atoms with E-state index in [4.69, 9.17) is 21.1 Å². The van der Waals surface area contributed by atoms with E-state index in [1.807, 2.05) is 0 Å². The number of carbonyl (C=O) groups excluding carboxylic acids is 1. The maximum Gasteiger partial charge on any atom is 0.264 e. The van der Waals surface area contributed by atoms with Gasteiger partial charge in [0.1, 0.15) is 11.5 Å². The first kappa shape index (κ1) is 17.4. The molecule has 0 radical (unpaired) electrons. The van der Waals surface area contributed by atoms with Gasteiger partial charge in [0.15, 0.2) is 6.10 Å². The monoisotopic (exact) mass is 382 g/mol. The number of hydrogen-bond acceptors (Lipinski definition) is 6. The summed E-state index contributed by atoms with van der Waals surface area (Å²) in [7, 11) is -2.57. The SMILES string of the molecule is COc1ccc(S(=O)(=O)N2C[C@H](C(=O)[O-])Oc3ccc(Cl)cc32)cc1. The number of aliphatic carboxylic acids is 1. The molecule has 25 heavy (non-hydrogen) atoms. The number of halogens is 1. The van der Waals surface area contributed by atoms with Crippen LogP contribution in [-0.4, -0.2) is 34.1 Å². The zero-order valence-corrected chi connectivity index (χ0v) is 14.6. The van der Waals surface area contributed by atoms with Crippen molar-refractivity contribution in [3.8, 4) is 11.5 Å². The number of benzene rings is 2. The van der Waals surface area contributed by atoms with Crippen LogP contribution in [-0.2, 0) is 14.8 Å². The first-order valence-electron chi connectivity index (χ1n) is 7.17. The molecule has 0 bridgehead atoms. The van der Waals surface area contributed by atoms with Crippen molar-refractivity contribution in [1.82, 2.24) is 0 Å². The fraction of sp³-hybridized carbons (Fsp3) is 0.188. The Labute approximate surface area is 149 Å². The molecule has 0 aromatic heterocycles. The van der Waals surface area contributed by atoms with Gasteiger partial charge in [-0.3, -0.25) is 4.31 Å².